The number of carboxylic acid groups (broad SMARTS) is 1. The third kappa shape index (κ3) is 6.19. The number of hydrogen-bond acceptors (Lipinski definition) is 4. The van der Waals surface area contributed by atoms with Crippen molar-refractivity contribution in [2.24, 2.45) is 11.8 Å². The predicted molar refractivity (Wildman–Crippen MR) is 139 cm³/mol. The molecular formula is C28H26N2O4S. The Morgan fingerprint density at radius 3 is 1.89 bits per heavy atom. The Kier molecular flexibility index (Phi) is 8.00. The number of benzene rings is 3. The fraction of sp³-hybridized carbons (Fsp3) is 0.179. The van der Waals surface area contributed by atoms with Crippen molar-refractivity contribution in [2.75, 3.05) is 16.0 Å². The largest absolute Gasteiger partial charge is 0.481 e. The van der Waals surface area contributed by atoms with Crippen LogP contribution in [-0.2, 0) is 14.4 Å². The second kappa shape index (κ2) is 11.5. The van der Waals surface area contributed by atoms with Crippen molar-refractivity contribution in [1.29, 1.82) is 0 Å². The predicted octanol–water partition coefficient (Wildman–Crippen LogP) is 5.75. The van der Waals surface area contributed by atoms with Gasteiger partial charge in [-0.25, -0.2) is 0 Å². The zero-order chi connectivity index (χ0) is 24.6. The van der Waals surface area contributed by atoms with E-state index in [1.807, 2.05) is 84.9 Å². The van der Waals surface area contributed by atoms with E-state index < -0.39 is 17.8 Å². The number of nitrogens with one attached hydrogen (secondary N) is 1. The maximum absolute atomic E-state index is 13.2. The lowest BCUT2D eigenvalue weighted by Crippen LogP contribution is -2.34. The first kappa shape index (κ1) is 24.3. The molecule has 0 bridgehead atoms. The maximum Gasteiger partial charge on any atom is 0.307 e. The molecular weight excluding hydrogens is 460 g/mol. The van der Waals surface area contributed by atoms with E-state index in [1.54, 1.807) is 17.0 Å². The highest BCUT2D eigenvalue weighted by molar-refractivity contribution is 8.00. The summed E-state index contributed by atoms with van der Waals surface area (Å²) >= 11 is 1.42. The highest BCUT2D eigenvalue weighted by Gasteiger charge is 2.33. The Labute approximate surface area is 208 Å². The van der Waals surface area contributed by atoms with E-state index in [0.29, 0.717) is 18.5 Å². The molecule has 3 aromatic carbocycles. The maximum atomic E-state index is 13.2. The van der Waals surface area contributed by atoms with E-state index in [1.165, 1.54) is 11.8 Å². The van der Waals surface area contributed by atoms with Crippen LogP contribution in [-0.4, -0.2) is 28.6 Å². The normalized spacial score (nSPS) is 16.9. The van der Waals surface area contributed by atoms with Crippen LogP contribution in [0, 0.1) is 11.8 Å². The average molecular weight is 487 g/mol. The average Bonchev–Trinajstić information content (AvgIpc) is 2.89. The van der Waals surface area contributed by atoms with Gasteiger partial charge in [0.2, 0.25) is 11.8 Å². The molecule has 178 valence electrons. The highest BCUT2D eigenvalue weighted by atomic mass is 32.2. The summed E-state index contributed by atoms with van der Waals surface area (Å²) in [6.07, 6.45) is 4.44. The number of amides is 2. The summed E-state index contributed by atoms with van der Waals surface area (Å²) < 4.78 is 0. The quantitative estimate of drug-likeness (QED) is 0.313. The fourth-order valence-electron chi connectivity index (χ4n) is 4.05. The van der Waals surface area contributed by atoms with Gasteiger partial charge < -0.3 is 10.4 Å². The van der Waals surface area contributed by atoms with E-state index in [4.69, 9.17) is 0 Å². The Bertz CT molecular complexity index is 1160. The molecule has 0 saturated heterocycles. The van der Waals surface area contributed by atoms with Crippen LogP contribution in [0.3, 0.4) is 0 Å². The van der Waals surface area contributed by atoms with Gasteiger partial charge in [-0.05, 0) is 61.4 Å². The molecule has 0 fully saturated rings. The summed E-state index contributed by atoms with van der Waals surface area (Å²) in [5, 5.41) is 12.2. The number of nitrogens with zero attached hydrogens (tertiary/aromatic N) is 1. The van der Waals surface area contributed by atoms with Crippen molar-refractivity contribution in [2.45, 2.75) is 17.7 Å². The lowest BCUT2D eigenvalue weighted by atomic mass is 9.82. The molecule has 0 heterocycles. The number of carbonyl (C=O) groups excluding carboxylic acids is 2. The lowest BCUT2D eigenvalue weighted by molar-refractivity contribution is -0.146. The van der Waals surface area contributed by atoms with Crippen LogP contribution in [0.2, 0.25) is 0 Å². The smallest absolute Gasteiger partial charge is 0.307 e. The molecule has 2 atom stereocenters. The Morgan fingerprint density at radius 2 is 1.34 bits per heavy atom. The van der Waals surface area contributed by atoms with Crippen LogP contribution in [0.15, 0.2) is 102 Å². The van der Waals surface area contributed by atoms with Crippen molar-refractivity contribution in [1.82, 2.24) is 0 Å². The Morgan fingerprint density at radius 1 is 0.800 bits per heavy atom. The van der Waals surface area contributed by atoms with Gasteiger partial charge in [0.05, 0.1) is 17.6 Å². The number of para-hydroxylation sites is 2. The van der Waals surface area contributed by atoms with Gasteiger partial charge >= 0.3 is 5.97 Å². The SMILES string of the molecule is O=C(O)C1CC=CCC1C(=O)Nc1ccc(SCC(=O)N(c2ccccc2)c2ccccc2)cc1. The van der Waals surface area contributed by atoms with E-state index >= 15 is 0 Å². The van der Waals surface area contributed by atoms with Crippen molar-refractivity contribution in [3.05, 3.63) is 97.1 Å². The molecule has 0 spiro atoms. The van der Waals surface area contributed by atoms with Gasteiger partial charge in [-0.15, -0.1) is 11.8 Å². The van der Waals surface area contributed by atoms with Crippen molar-refractivity contribution in [3.63, 3.8) is 0 Å². The minimum Gasteiger partial charge on any atom is -0.481 e. The number of thioether (sulfide) groups is 1. The minimum absolute atomic E-state index is 0.0464. The number of carbonyl (C=O) groups is 3. The number of aliphatic carboxylic acids is 1. The summed E-state index contributed by atoms with van der Waals surface area (Å²) in [5.41, 5.74) is 2.21. The second-order valence-electron chi connectivity index (χ2n) is 8.20. The van der Waals surface area contributed by atoms with E-state index in [9.17, 15) is 19.5 Å². The van der Waals surface area contributed by atoms with Gasteiger partial charge in [0, 0.05) is 22.0 Å². The Hall–Kier alpha value is -3.84. The van der Waals surface area contributed by atoms with Crippen molar-refractivity contribution in [3.8, 4) is 0 Å². The van der Waals surface area contributed by atoms with Gasteiger partial charge in [0.1, 0.15) is 0 Å². The number of carboxylic acids is 1. The molecule has 35 heavy (non-hydrogen) atoms. The molecule has 0 radical (unpaired) electrons. The number of anilines is 3. The van der Waals surface area contributed by atoms with Crippen LogP contribution < -0.4 is 10.2 Å². The topological polar surface area (TPSA) is 86.7 Å². The van der Waals surface area contributed by atoms with E-state index in [0.717, 1.165) is 16.3 Å². The number of hydrogen-bond donors (Lipinski definition) is 2. The molecule has 7 heteroatoms. The molecule has 3 aromatic rings. The van der Waals surface area contributed by atoms with Gasteiger partial charge in [-0.3, -0.25) is 19.3 Å². The molecule has 4 rings (SSSR count). The molecule has 0 saturated carbocycles. The first-order valence-electron chi connectivity index (χ1n) is 11.4. The van der Waals surface area contributed by atoms with Crippen LogP contribution in [0.25, 0.3) is 0 Å². The molecule has 1 aliphatic carbocycles. The van der Waals surface area contributed by atoms with Crippen LogP contribution in [0.1, 0.15) is 12.8 Å². The second-order valence-corrected chi connectivity index (χ2v) is 9.25. The molecule has 2 N–H and O–H groups in total. The fourth-order valence-corrected chi connectivity index (χ4v) is 4.79. The molecule has 6 nitrogen and oxygen atoms in total. The molecule has 2 unspecified atom stereocenters. The van der Waals surface area contributed by atoms with Gasteiger partial charge in [-0.2, -0.15) is 0 Å². The number of rotatable bonds is 8. The first-order valence-corrected chi connectivity index (χ1v) is 12.4. The van der Waals surface area contributed by atoms with Crippen LogP contribution in [0.5, 0.6) is 0 Å². The molecule has 1 aliphatic rings. The molecule has 2 amide bonds. The van der Waals surface area contributed by atoms with E-state index in [-0.39, 0.29) is 17.6 Å². The van der Waals surface area contributed by atoms with Crippen LogP contribution >= 0.6 is 11.8 Å². The van der Waals surface area contributed by atoms with Crippen molar-refractivity contribution >= 4 is 46.6 Å². The zero-order valence-electron chi connectivity index (χ0n) is 19.0. The molecule has 0 aromatic heterocycles. The zero-order valence-corrected chi connectivity index (χ0v) is 19.9. The summed E-state index contributed by atoms with van der Waals surface area (Å²) in [4.78, 5) is 39.9. The van der Waals surface area contributed by atoms with E-state index in [2.05, 4.69) is 5.32 Å². The lowest BCUT2D eigenvalue weighted by Gasteiger charge is -2.24. The summed E-state index contributed by atoms with van der Waals surface area (Å²) in [7, 11) is 0. The third-order valence-corrected chi connectivity index (χ3v) is 6.85. The number of allylic oxidation sites excluding steroid dienone is 2. The Balaban J connectivity index is 1.38. The van der Waals surface area contributed by atoms with Gasteiger partial charge in [-0.1, -0.05) is 48.6 Å². The van der Waals surface area contributed by atoms with Crippen molar-refractivity contribution < 1.29 is 19.5 Å². The summed E-state index contributed by atoms with van der Waals surface area (Å²) in [5.74, 6) is -2.35. The summed E-state index contributed by atoms with van der Waals surface area (Å²) in [6.45, 7) is 0. The first-order chi connectivity index (χ1) is 17.0. The monoisotopic (exact) mass is 486 g/mol. The molecule has 0 aliphatic heterocycles. The standard InChI is InChI=1S/C28H26N2O4S/c31-26(30(21-9-3-1-4-10-21)22-11-5-2-6-12-22)19-35-23-17-15-20(16-18-23)29-27(32)24-13-7-8-14-25(24)28(33)34/h1-12,15-18,24-25H,13-14,19H2,(H,29,32)(H,33,34). The highest BCUT2D eigenvalue weighted by Crippen LogP contribution is 2.29. The third-order valence-electron chi connectivity index (χ3n) is 5.85. The van der Waals surface area contributed by atoms with Gasteiger partial charge in [0.15, 0.2) is 0 Å². The minimum atomic E-state index is -0.953. The van der Waals surface area contributed by atoms with Gasteiger partial charge in [0.25, 0.3) is 0 Å². The summed E-state index contributed by atoms with van der Waals surface area (Å²) in [6, 6.07) is 26.3. The van der Waals surface area contributed by atoms with Crippen LogP contribution in [0.4, 0.5) is 17.1 Å².